The van der Waals surface area contributed by atoms with Gasteiger partial charge in [-0.2, -0.15) is 13.2 Å². The summed E-state index contributed by atoms with van der Waals surface area (Å²) in [5.74, 6) is -1.62. The van der Waals surface area contributed by atoms with Crippen molar-refractivity contribution in [2.45, 2.75) is 31.3 Å². The molecule has 0 bridgehead atoms. The highest BCUT2D eigenvalue weighted by molar-refractivity contribution is 5.69. The van der Waals surface area contributed by atoms with E-state index in [4.69, 9.17) is 5.11 Å². The van der Waals surface area contributed by atoms with E-state index < -0.39 is 36.8 Å². The molecule has 1 aromatic rings. The maximum Gasteiger partial charge on any atom is 0.411 e. The van der Waals surface area contributed by atoms with E-state index in [2.05, 4.69) is 4.74 Å². The molecule has 122 valence electrons. The summed E-state index contributed by atoms with van der Waals surface area (Å²) in [6.45, 7) is -0.258. The number of amides is 1. The van der Waals surface area contributed by atoms with Crippen LogP contribution in [0.15, 0.2) is 30.3 Å². The molecule has 0 radical (unpaired) electrons. The Morgan fingerprint density at radius 3 is 2.32 bits per heavy atom. The Balaban J connectivity index is 2.61. The molecule has 0 heterocycles. The third-order valence-corrected chi connectivity index (χ3v) is 2.61. The summed E-state index contributed by atoms with van der Waals surface area (Å²) in [7, 11) is 0. The van der Waals surface area contributed by atoms with Gasteiger partial charge in [0.25, 0.3) is 0 Å². The predicted molar refractivity (Wildman–Crippen MR) is 67.9 cm³/mol. The number of hydrogen-bond acceptors (Lipinski definition) is 4. The summed E-state index contributed by atoms with van der Waals surface area (Å²) in [6, 6.07) is 5.51. The lowest BCUT2D eigenvalue weighted by Gasteiger charge is -2.25. The van der Waals surface area contributed by atoms with Crippen LogP contribution in [0.1, 0.15) is 12.0 Å². The molecule has 22 heavy (non-hydrogen) atoms. The third kappa shape index (κ3) is 6.00. The molecule has 0 unspecified atom stereocenters. The van der Waals surface area contributed by atoms with Crippen molar-refractivity contribution in [2.24, 2.45) is 0 Å². The smallest absolute Gasteiger partial charge is 0.411 e. The lowest BCUT2D eigenvalue weighted by molar-refractivity contribution is -0.179. The molecule has 3 N–H and O–H groups in total. The molecule has 1 rings (SSSR count). The fraction of sp³-hybridized carbons (Fsp3) is 0.385. The number of alkyl halides is 3. The monoisotopic (exact) mass is 321 g/mol. The standard InChI is InChI=1S/C13H14F3NO5/c14-13(15,16)11(9(18)6-10(19)20)17-12(21)22-7-8-4-2-1-3-5-8/h1-5,9,11,18H,6-7H2,(H,17,21)(H,19,20)/t9-,11+/m0/s1. The number of aliphatic hydroxyl groups excluding tert-OH is 1. The Bertz CT molecular complexity index is 506. The topological polar surface area (TPSA) is 95.9 Å². The summed E-state index contributed by atoms with van der Waals surface area (Å²) >= 11 is 0. The van der Waals surface area contributed by atoms with Gasteiger partial charge in [-0.05, 0) is 5.56 Å². The van der Waals surface area contributed by atoms with E-state index in [0.29, 0.717) is 5.56 Å². The molecule has 0 fully saturated rings. The molecule has 1 amide bonds. The van der Waals surface area contributed by atoms with Crippen LogP contribution in [0, 0.1) is 0 Å². The second kappa shape index (κ2) is 7.64. The predicted octanol–water partition coefficient (Wildman–Crippen LogP) is 1.68. The molecule has 0 aliphatic rings. The van der Waals surface area contributed by atoms with Crippen molar-refractivity contribution in [3.05, 3.63) is 35.9 Å². The van der Waals surface area contributed by atoms with E-state index in [1.807, 2.05) is 0 Å². The minimum Gasteiger partial charge on any atom is -0.481 e. The first kappa shape index (κ1) is 17.8. The van der Waals surface area contributed by atoms with Crippen LogP contribution in [-0.4, -0.2) is 40.6 Å². The van der Waals surface area contributed by atoms with Crippen molar-refractivity contribution in [3.8, 4) is 0 Å². The third-order valence-electron chi connectivity index (χ3n) is 2.61. The maximum atomic E-state index is 12.7. The quantitative estimate of drug-likeness (QED) is 0.741. The fourth-order valence-electron chi connectivity index (χ4n) is 1.58. The molecule has 2 atom stereocenters. The van der Waals surface area contributed by atoms with E-state index in [1.165, 1.54) is 5.32 Å². The highest BCUT2D eigenvalue weighted by Crippen LogP contribution is 2.24. The zero-order valence-electron chi connectivity index (χ0n) is 11.2. The van der Waals surface area contributed by atoms with Gasteiger partial charge in [0.1, 0.15) is 6.61 Å². The first-order valence-corrected chi connectivity index (χ1v) is 6.14. The number of hydrogen-bond donors (Lipinski definition) is 3. The van der Waals surface area contributed by atoms with Crippen molar-refractivity contribution >= 4 is 12.1 Å². The molecule has 0 aliphatic carbocycles. The number of carboxylic acid groups (broad SMARTS) is 1. The minimum absolute atomic E-state index is 0.258. The zero-order chi connectivity index (χ0) is 16.8. The van der Waals surface area contributed by atoms with Gasteiger partial charge in [0.2, 0.25) is 0 Å². The number of rotatable bonds is 6. The number of aliphatic carboxylic acids is 1. The molecular weight excluding hydrogens is 307 g/mol. The summed E-state index contributed by atoms with van der Waals surface area (Å²) < 4.78 is 42.8. The molecule has 6 nitrogen and oxygen atoms in total. The SMILES string of the molecule is O=C(O)C[C@H](O)[C@@H](NC(=O)OCc1ccccc1)C(F)(F)F. The number of carbonyl (C=O) groups excluding carboxylic acids is 1. The number of ether oxygens (including phenoxy) is 1. The first-order valence-electron chi connectivity index (χ1n) is 6.14. The van der Waals surface area contributed by atoms with Gasteiger partial charge in [-0.25, -0.2) is 4.79 Å². The van der Waals surface area contributed by atoms with Gasteiger partial charge in [0, 0.05) is 0 Å². The number of benzene rings is 1. The number of nitrogens with one attached hydrogen (secondary N) is 1. The fourth-order valence-corrected chi connectivity index (χ4v) is 1.58. The van der Waals surface area contributed by atoms with Crippen LogP contribution >= 0.6 is 0 Å². The van der Waals surface area contributed by atoms with Gasteiger partial charge >= 0.3 is 18.2 Å². The molecule has 0 saturated heterocycles. The summed E-state index contributed by atoms with van der Waals surface area (Å²) in [6.07, 6.45) is -9.90. The molecule has 0 saturated carbocycles. The molecule has 9 heteroatoms. The summed E-state index contributed by atoms with van der Waals surface area (Å²) in [4.78, 5) is 21.7. The van der Waals surface area contributed by atoms with Crippen LogP contribution in [0.5, 0.6) is 0 Å². The number of aliphatic hydroxyl groups is 1. The molecule has 1 aromatic carbocycles. The molecule has 0 spiro atoms. The first-order chi connectivity index (χ1) is 10.2. The van der Waals surface area contributed by atoms with Crippen LogP contribution in [0.2, 0.25) is 0 Å². The second-order valence-corrected chi connectivity index (χ2v) is 4.39. The largest absolute Gasteiger partial charge is 0.481 e. The van der Waals surface area contributed by atoms with Crippen LogP contribution in [-0.2, 0) is 16.1 Å². The Morgan fingerprint density at radius 1 is 1.23 bits per heavy atom. The van der Waals surface area contributed by atoms with Gasteiger partial charge in [-0.15, -0.1) is 0 Å². The average molecular weight is 321 g/mol. The molecular formula is C13H14F3NO5. The van der Waals surface area contributed by atoms with E-state index >= 15 is 0 Å². The van der Waals surface area contributed by atoms with Crippen molar-refractivity contribution in [2.75, 3.05) is 0 Å². The highest BCUT2D eigenvalue weighted by Gasteiger charge is 2.46. The van der Waals surface area contributed by atoms with Gasteiger partial charge in [0.15, 0.2) is 6.04 Å². The van der Waals surface area contributed by atoms with Crippen molar-refractivity contribution in [3.63, 3.8) is 0 Å². The Morgan fingerprint density at radius 2 is 1.82 bits per heavy atom. The van der Waals surface area contributed by atoms with Gasteiger partial charge in [-0.3, -0.25) is 4.79 Å². The zero-order valence-corrected chi connectivity index (χ0v) is 11.2. The van der Waals surface area contributed by atoms with Crippen LogP contribution in [0.25, 0.3) is 0 Å². The van der Waals surface area contributed by atoms with Crippen molar-refractivity contribution in [1.29, 1.82) is 0 Å². The van der Waals surface area contributed by atoms with Gasteiger partial charge in [0.05, 0.1) is 12.5 Å². The van der Waals surface area contributed by atoms with E-state index in [1.54, 1.807) is 30.3 Å². The number of alkyl carbamates (subject to hydrolysis) is 1. The minimum atomic E-state index is -5.01. The average Bonchev–Trinajstić information content (AvgIpc) is 2.41. The Hall–Kier alpha value is -2.29. The number of carbonyl (C=O) groups is 2. The maximum absolute atomic E-state index is 12.7. The lowest BCUT2D eigenvalue weighted by atomic mass is 10.1. The highest BCUT2D eigenvalue weighted by atomic mass is 19.4. The Kier molecular flexibility index (Phi) is 6.17. The number of halogens is 3. The van der Waals surface area contributed by atoms with Crippen LogP contribution in [0.3, 0.4) is 0 Å². The summed E-state index contributed by atoms with van der Waals surface area (Å²) in [5.41, 5.74) is 0.562. The van der Waals surface area contributed by atoms with Gasteiger partial charge in [-0.1, -0.05) is 30.3 Å². The normalized spacial score (nSPS) is 14.0. The van der Waals surface area contributed by atoms with Crippen LogP contribution < -0.4 is 5.32 Å². The lowest BCUT2D eigenvalue weighted by Crippen LogP contribution is -2.53. The van der Waals surface area contributed by atoms with Gasteiger partial charge < -0.3 is 20.3 Å². The molecule has 0 aliphatic heterocycles. The molecule has 0 aromatic heterocycles. The van der Waals surface area contributed by atoms with E-state index in [9.17, 15) is 27.9 Å². The second-order valence-electron chi connectivity index (χ2n) is 4.39. The van der Waals surface area contributed by atoms with Crippen molar-refractivity contribution < 1.29 is 37.7 Å². The Labute approximate surface area is 123 Å². The van der Waals surface area contributed by atoms with Crippen LogP contribution in [0.4, 0.5) is 18.0 Å². The number of carboxylic acids is 1. The van der Waals surface area contributed by atoms with E-state index in [-0.39, 0.29) is 6.61 Å². The van der Waals surface area contributed by atoms with Crippen molar-refractivity contribution in [1.82, 2.24) is 5.32 Å². The van der Waals surface area contributed by atoms with E-state index in [0.717, 1.165) is 0 Å². The summed E-state index contributed by atoms with van der Waals surface area (Å²) in [5, 5.41) is 19.1.